The van der Waals surface area contributed by atoms with Crippen molar-refractivity contribution in [3.05, 3.63) is 53.8 Å². The highest BCUT2D eigenvalue weighted by Gasteiger charge is 2.14. The summed E-state index contributed by atoms with van der Waals surface area (Å²) in [6, 6.07) is 11.6. The number of halogens is 1. The van der Waals surface area contributed by atoms with Crippen LogP contribution < -0.4 is 15.1 Å². The molecule has 0 radical (unpaired) electrons. The molecular weight excluding hydrogens is 272 g/mol. The lowest BCUT2D eigenvalue weighted by atomic mass is 9.79. The highest BCUT2D eigenvalue weighted by Crippen LogP contribution is 2.19. The molecule has 0 unspecified atom stereocenters. The fraction of sp³-hybridized carbons (Fsp3) is 0.200. The molecule has 2 aromatic rings. The van der Waals surface area contributed by atoms with Crippen molar-refractivity contribution < 1.29 is 19.2 Å². The van der Waals surface area contributed by atoms with E-state index in [0.29, 0.717) is 12.1 Å². The van der Waals surface area contributed by atoms with Crippen LogP contribution in [0.5, 0.6) is 5.75 Å². The van der Waals surface area contributed by atoms with Gasteiger partial charge in [-0.25, -0.2) is 4.39 Å². The van der Waals surface area contributed by atoms with E-state index in [9.17, 15) is 4.39 Å². The monoisotopic (exact) mass is 289 g/mol. The highest BCUT2D eigenvalue weighted by atomic mass is 19.1. The highest BCUT2D eigenvalue weighted by molar-refractivity contribution is 6.58. The minimum atomic E-state index is -1.68. The van der Waals surface area contributed by atoms with Gasteiger partial charge in [0.25, 0.3) is 0 Å². The van der Waals surface area contributed by atoms with Gasteiger partial charge in [-0.1, -0.05) is 6.07 Å². The van der Waals surface area contributed by atoms with E-state index in [-0.39, 0.29) is 5.46 Å². The van der Waals surface area contributed by atoms with E-state index >= 15 is 0 Å². The van der Waals surface area contributed by atoms with Crippen LogP contribution in [0.1, 0.15) is 5.56 Å². The molecule has 0 amide bonds. The Balaban J connectivity index is 2.16. The molecular formula is C15H17BFNO3. The molecule has 0 bridgehead atoms. The van der Waals surface area contributed by atoms with Gasteiger partial charge in [0, 0.05) is 19.3 Å². The number of nitrogens with zero attached hydrogens (tertiary/aromatic N) is 1. The maximum atomic E-state index is 13.5. The number of methoxy groups -OCH3 is 1. The van der Waals surface area contributed by atoms with Crippen molar-refractivity contribution in [1.82, 2.24) is 0 Å². The third kappa shape index (κ3) is 3.96. The Morgan fingerprint density at radius 1 is 1.14 bits per heavy atom. The summed E-state index contributed by atoms with van der Waals surface area (Å²) in [5.74, 6) is 0.280. The number of anilines is 1. The largest absolute Gasteiger partial charge is 0.497 e. The van der Waals surface area contributed by atoms with Gasteiger partial charge in [0.05, 0.1) is 7.11 Å². The number of benzene rings is 2. The zero-order valence-corrected chi connectivity index (χ0v) is 12.0. The molecule has 0 aliphatic rings. The molecule has 110 valence electrons. The van der Waals surface area contributed by atoms with Gasteiger partial charge < -0.3 is 19.7 Å². The van der Waals surface area contributed by atoms with Gasteiger partial charge in [0.15, 0.2) is 0 Å². The molecule has 0 saturated carbocycles. The summed E-state index contributed by atoms with van der Waals surface area (Å²) in [6.45, 7) is 0.448. The molecule has 21 heavy (non-hydrogen) atoms. The number of ether oxygens (including phenoxy) is 1. The Morgan fingerprint density at radius 2 is 1.81 bits per heavy atom. The molecule has 0 saturated heterocycles. The average Bonchev–Trinajstić information content (AvgIpc) is 2.46. The van der Waals surface area contributed by atoms with Crippen LogP contribution in [0.3, 0.4) is 0 Å². The molecule has 2 rings (SSSR count). The fourth-order valence-corrected chi connectivity index (χ4v) is 2.12. The van der Waals surface area contributed by atoms with Crippen LogP contribution in [0.4, 0.5) is 10.1 Å². The summed E-state index contributed by atoms with van der Waals surface area (Å²) in [6.07, 6.45) is 0. The zero-order valence-electron chi connectivity index (χ0n) is 12.0. The molecule has 0 spiro atoms. The normalized spacial score (nSPS) is 10.3. The van der Waals surface area contributed by atoms with Crippen molar-refractivity contribution in [2.45, 2.75) is 6.54 Å². The quantitative estimate of drug-likeness (QED) is 0.811. The van der Waals surface area contributed by atoms with Gasteiger partial charge in [-0.3, -0.25) is 0 Å². The summed E-state index contributed by atoms with van der Waals surface area (Å²) in [5.41, 5.74) is 1.76. The van der Waals surface area contributed by atoms with Gasteiger partial charge in [-0.15, -0.1) is 0 Å². The second-order valence-electron chi connectivity index (χ2n) is 4.82. The summed E-state index contributed by atoms with van der Waals surface area (Å²) in [4.78, 5) is 1.93. The number of hydrogen-bond acceptors (Lipinski definition) is 4. The molecule has 2 aromatic carbocycles. The Hall–Kier alpha value is -2.05. The first kappa shape index (κ1) is 15.3. The zero-order chi connectivity index (χ0) is 15.4. The molecule has 0 aliphatic heterocycles. The lowest BCUT2D eigenvalue weighted by molar-refractivity contribution is 0.415. The summed E-state index contributed by atoms with van der Waals surface area (Å²) >= 11 is 0. The topological polar surface area (TPSA) is 52.9 Å². The Morgan fingerprint density at radius 3 is 2.38 bits per heavy atom. The first-order chi connectivity index (χ1) is 9.99. The summed E-state index contributed by atoms with van der Waals surface area (Å²) in [5, 5.41) is 18.3. The van der Waals surface area contributed by atoms with Crippen molar-refractivity contribution in [3.8, 4) is 5.75 Å². The Bertz CT molecular complexity index is 604. The molecule has 0 aromatic heterocycles. The Labute approximate surface area is 123 Å². The first-order valence-corrected chi connectivity index (χ1v) is 6.50. The molecule has 0 fully saturated rings. The molecule has 0 aliphatic carbocycles. The predicted molar refractivity (Wildman–Crippen MR) is 81.3 cm³/mol. The van der Waals surface area contributed by atoms with Gasteiger partial charge in [0.2, 0.25) is 0 Å². The van der Waals surface area contributed by atoms with E-state index in [4.69, 9.17) is 14.8 Å². The second-order valence-corrected chi connectivity index (χ2v) is 4.82. The van der Waals surface area contributed by atoms with Gasteiger partial charge in [-0.2, -0.15) is 0 Å². The molecule has 4 nitrogen and oxygen atoms in total. The van der Waals surface area contributed by atoms with E-state index in [1.807, 2.05) is 36.2 Å². The summed E-state index contributed by atoms with van der Waals surface area (Å²) in [7, 11) is 1.81. The fourth-order valence-electron chi connectivity index (χ4n) is 2.12. The van der Waals surface area contributed by atoms with E-state index < -0.39 is 12.9 Å². The van der Waals surface area contributed by atoms with Crippen molar-refractivity contribution >= 4 is 18.3 Å². The van der Waals surface area contributed by atoms with Crippen molar-refractivity contribution in [2.75, 3.05) is 19.1 Å². The number of hydrogen-bond donors (Lipinski definition) is 2. The maximum absolute atomic E-state index is 13.5. The molecule has 2 N–H and O–H groups in total. The van der Waals surface area contributed by atoms with Crippen LogP contribution in [0.2, 0.25) is 0 Å². The van der Waals surface area contributed by atoms with Crippen LogP contribution in [0, 0.1) is 5.82 Å². The maximum Gasteiger partial charge on any atom is 0.488 e. The van der Waals surface area contributed by atoms with Crippen LogP contribution in [0.15, 0.2) is 42.5 Å². The predicted octanol–water partition coefficient (Wildman–Crippen LogP) is 1.15. The molecule has 0 heterocycles. The molecule has 6 heteroatoms. The van der Waals surface area contributed by atoms with E-state index in [1.165, 1.54) is 6.07 Å². The van der Waals surface area contributed by atoms with Gasteiger partial charge >= 0.3 is 7.12 Å². The van der Waals surface area contributed by atoms with E-state index in [1.54, 1.807) is 13.2 Å². The van der Waals surface area contributed by atoms with Crippen LogP contribution in [-0.4, -0.2) is 31.3 Å². The average molecular weight is 289 g/mol. The van der Waals surface area contributed by atoms with E-state index in [2.05, 4.69) is 0 Å². The van der Waals surface area contributed by atoms with Crippen molar-refractivity contribution in [2.24, 2.45) is 0 Å². The number of rotatable bonds is 5. The van der Waals surface area contributed by atoms with E-state index in [0.717, 1.165) is 17.5 Å². The first-order valence-electron chi connectivity index (χ1n) is 6.50. The second kappa shape index (κ2) is 6.60. The lowest BCUT2D eigenvalue weighted by Crippen LogP contribution is -2.31. The third-order valence-electron chi connectivity index (χ3n) is 3.21. The SMILES string of the molecule is COc1ccc(N(C)Cc2cc(F)cc(B(O)O)c2)cc1. The third-order valence-corrected chi connectivity index (χ3v) is 3.21. The van der Waals surface area contributed by atoms with Gasteiger partial charge in [-0.05, 0) is 47.4 Å². The summed E-state index contributed by atoms with van der Waals surface area (Å²) < 4.78 is 18.6. The van der Waals surface area contributed by atoms with Gasteiger partial charge in [0.1, 0.15) is 11.6 Å². The standard InChI is InChI=1S/C15H17BFNO3/c1-18(14-3-5-15(21-2)6-4-14)10-11-7-12(16(19)20)9-13(17)8-11/h3-9,19-20H,10H2,1-2H3. The lowest BCUT2D eigenvalue weighted by Gasteiger charge is -2.20. The Kier molecular flexibility index (Phi) is 4.83. The minimum absolute atomic E-state index is 0.146. The van der Waals surface area contributed by atoms with Crippen LogP contribution >= 0.6 is 0 Å². The van der Waals surface area contributed by atoms with Crippen molar-refractivity contribution in [1.29, 1.82) is 0 Å². The smallest absolute Gasteiger partial charge is 0.488 e. The van der Waals surface area contributed by atoms with Crippen molar-refractivity contribution in [3.63, 3.8) is 0 Å². The molecule has 0 atom stereocenters. The van der Waals surface area contributed by atoms with Crippen LogP contribution in [-0.2, 0) is 6.54 Å². The minimum Gasteiger partial charge on any atom is -0.497 e. The van der Waals surface area contributed by atoms with Crippen LogP contribution in [0.25, 0.3) is 0 Å².